The van der Waals surface area contributed by atoms with Gasteiger partial charge in [-0.3, -0.25) is 13.9 Å². The van der Waals surface area contributed by atoms with Crippen molar-refractivity contribution in [1.29, 1.82) is 0 Å². The van der Waals surface area contributed by atoms with E-state index in [-0.39, 0.29) is 45.4 Å². The Morgan fingerprint density at radius 1 is 1.07 bits per heavy atom. The molecule has 3 aromatic rings. The van der Waals surface area contributed by atoms with E-state index in [9.17, 15) is 22.4 Å². The molecule has 1 aliphatic carbocycles. The van der Waals surface area contributed by atoms with Crippen LogP contribution < -0.4 is 14.4 Å². The van der Waals surface area contributed by atoms with Gasteiger partial charge in [-0.15, -0.1) is 0 Å². The molecular formula is C31H35ClFN3O5S. The highest BCUT2D eigenvalue weighted by Crippen LogP contribution is 2.35. The summed E-state index contributed by atoms with van der Waals surface area (Å²) in [5.74, 6) is -1.46. The predicted molar refractivity (Wildman–Crippen MR) is 161 cm³/mol. The first-order valence-corrected chi connectivity index (χ1v) is 15.6. The highest BCUT2D eigenvalue weighted by molar-refractivity contribution is 7.92. The number of hydrogen-bond acceptors (Lipinski definition) is 5. The van der Waals surface area contributed by atoms with Crippen molar-refractivity contribution in [3.63, 3.8) is 0 Å². The lowest BCUT2D eigenvalue weighted by Gasteiger charge is -2.33. The van der Waals surface area contributed by atoms with E-state index in [1.54, 1.807) is 31.2 Å². The normalized spacial score (nSPS) is 14.3. The van der Waals surface area contributed by atoms with Gasteiger partial charge in [-0.05, 0) is 63.1 Å². The minimum absolute atomic E-state index is 0.000464. The second kappa shape index (κ2) is 13.6. The number of benzene rings is 3. The summed E-state index contributed by atoms with van der Waals surface area (Å²) in [4.78, 5) is 28.5. The Bertz CT molecular complexity index is 1530. The van der Waals surface area contributed by atoms with Gasteiger partial charge in [0.25, 0.3) is 10.0 Å². The smallest absolute Gasteiger partial charge is 0.264 e. The molecule has 0 bridgehead atoms. The number of amides is 2. The number of nitrogens with zero attached hydrogens (tertiary/aromatic N) is 2. The van der Waals surface area contributed by atoms with Crippen LogP contribution >= 0.6 is 11.6 Å². The predicted octanol–water partition coefficient (Wildman–Crippen LogP) is 5.47. The molecule has 1 N–H and O–H groups in total. The van der Waals surface area contributed by atoms with Gasteiger partial charge in [0.1, 0.15) is 24.2 Å². The van der Waals surface area contributed by atoms with Gasteiger partial charge in [0.15, 0.2) is 0 Å². The number of sulfonamides is 1. The van der Waals surface area contributed by atoms with Crippen molar-refractivity contribution in [2.75, 3.05) is 18.0 Å². The van der Waals surface area contributed by atoms with E-state index in [0.717, 1.165) is 35.6 Å². The van der Waals surface area contributed by atoms with E-state index in [1.807, 2.05) is 6.92 Å². The lowest BCUT2D eigenvalue weighted by Crippen LogP contribution is -2.52. The van der Waals surface area contributed by atoms with Gasteiger partial charge < -0.3 is 15.0 Å². The summed E-state index contributed by atoms with van der Waals surface area (Å²) >= 11 is 6.26. The molecule has 3 aromatic carbocycles. The van der Waals surface area contributed by atoms with Crippen molar-refractivity contribution in [2.45, 2.75) is 63.1 Å². The zero-order valence-corrected chi connectivity index (χ0v) is 25.4. The van der Waals surface area contributed by atoms with Gasteiger partial charge in [-0.2, -0.15) is 0 Å². The molecule has 1 aliphatic rings. The lowest BCUT2D eigenvalue weighted by molar-refractivity contribution is -0.139. The van der Waals surface area contributed by atoms with Crippen LogP contribution in [0.4, 0.5) is 10.1 Å². The maximum atomic E-state index is 14.7. The van der Waals surface area contributed by atoms with E-state index in [4.69, 9.17) is 16.3 Å². The maximum absolute atomic E-state index is 14.7. The molecule has 0 spiro atoms. The third kappa shape index (κ3) is 7.22. The molecule has 4 rings (SSSR count). The van der Waals surface area contributed by atoms with Gasteiger partial charge in [0.2, 0.25) is 11.8 Å². The summed E-state index contributed by atoms with van der Waals surface area (Å²) in [5, 5.41) is 3.22. The summed E-state index contributed by atoms with van der Waals surface area (Å²) in [6.45, 7) is 2.45. The first kappa shape index (κ1) is 31.3. The van der Waals surface area contributed by atoms with E-state index in [0.29, 0.717) is 0 Å². The zero-order valence-electron chi connectivity index (χ0n) is 23.8. The highest BCUT2D eigenvalue weighted by Gasteiger charge is 2.35. The number of carbonyl (C=O) groups is 2. The quantitative estimate of drug-likeness (QED) is 0.309. The van der Waals surface area contributed by atoms with Crippen LogP contribution in [0.2, 0.25) is 5.02 Å². The third-order valence-corrected chi connectivity index (χ3v) is 9.47. The van der Waals surface area contributed by atoms with Crippen molar-refractivity contribution in [3.05, 3.63) is 88.7 Å². The second-order valence-corrected chi connectivity index (χ2v) is 12.7. The minimum atomic E-state index is -4.32. The molecule has 0 aromatic heterocycles. The monoisotopic (exact) mass is 615 g/mol. The van der Waals surface area contributed by atoms with Crippen molar-refractivity contribution in [1.82, 2.24) is 10.2 Å². The molecule has 11 heteroatoms. The summed E-state index contributed by atoms with van der Waals surface area (Å²) in [5.41, 5.74) is 1.10. The second-order valence-electron chi connectivity index (χ2n) is 10.4. The fraction of sp³-hybridized carbons (Fsp3) is 0.355. The molecule has 1 saturated carbocycles. The molecule has 8 nitrogen and oxygen atoms in total. The van der Waals surface area contributed by atoms with Crippen LogP contribution in [0.3, 0.4) is 0 Å². The van der Waals surface area contributed by atoms with Crippen LogP contribution in [0.1, 0.15) is 43.7 Å². The van der Waals surface area contributed by atoms with Crippen LogP contribution in [0.25, 0.3) is 0 Å². The first-order valence-electron chi connectivity index (χ1n) is 13.8. The molecule has 0 heterocycles. The largest absolute Gasteiger partial charge is 0.495 e. The number of anilines is 1. The fourth-order valence-electron chi connectivity index (χ4n) is 4.99. The molecule has 1 atom stereocenters. The molecule has 0 aliphatic heterocycles. The average molecular weight is 616 g/mol. The van der Waals surface area contributed by atoms with Crippen LogP contribution in [-0.2, 0) is 26.2 Å². The van der Waals surface area contributed by atoms with E-state index < -0.39 is 34.3 Å². The average Bonchev–Trinajstić information content (AvgIpc) is 3.48. The molecule has 42 heavy (non-hydrogen) atoms. The molecule has 0 saturated heterocycles. The van der Waals surface area contributed by atoms with Crippen molar-refractivity contribution in [2.24, 2.45) is 0 Å². The Morgan fingerprint density at radius 3 is 2.38 bits per heavy atom. The van der Waals surface area contributed by atoms with E-state index in [1.165, 1.54) is 54.5 Å². The molecule has 1 fully saturated rings. The van der Waals surface area contributed by atoms with Crippen molar-refractivity contribution < 1.29 is 27.1 Å². The van der Waals surface area contributed by atoms with Crippen LogP contribution in [0, 0.1) is 12.7 Å². The van der Waals surface area contributed by atoms with E-state index >= 15 is 0 Å². The third-order valence-electron chi connectivity index (χ3n) is 7.46. The van der Waals surface area contributed by atoms with Crippen molar-refractivity contribution >= 4 is 39.1 Å². The van der Waals surface area contributed by atoms with Crippen molar-refractivity contribution in [3.8, 4) is 5.75 Å². The Morgan fingerprint density at radius 2 is 1.74 bits per heavy atom. The van der Waals surface area contributed by atoms with Crippen LogP contribution in [0.5, 0.6) is 5.75 Å². The number of hydrogen-bond donors (Lipinski definition) is 1. The Hall–Kier alpha value is -3.63. The Balaban J connectivity index is 1.75. The lowest BCUT2D eigenvalue weighted by atomic mass is 10.1. The minimum Gasteiger partial charge on any atom is -0.495 e. The topological polar surface area (TPSA) is 96.0 Å². The SMILES string of the molecule is COc1ccc(Cl)cc1N(CC(=O)N(Cc1ccccc1F)[C@@H](C)C(=O)NC1CCCC1)S(=O)(=O)c1ccc(C)cc1. The summed E-state index contributed by atoms with van der Waals surface area (Å²) in [6, 6.07) is 15.6. The van der Waals surface area contributed by atoms with Gasteiger partial charge in [0.05, 0.1) is 17.7 Å². The van der Waals surface area contributed by atoms with Gasteiger partial charge >= 0.3 is 0 Å². The van der Waals surface area contributed by atoms with Gasteiger partial charge in [-0.1, -0.05) is 60.3 Å². The number of ether oxygens (including phenoxy) is 1. The molecule has 2 amide bonds. The highest BCUT2D eigenvalue weighted by atomic mass is 35.5. The number of methoxy groups -OCH3 is 1. The number of rotatable bonds is 11. The van der Waals surface area contributed by atoms with Crippen LogP contribution in [-0.4, -0.2) is 50.9 Å². The number of aryl methyl sites for hydroxylation is 1. The molecule has 224 valence electrons. The van der Waals surface area contributed by atoms with E-state index in [2.05, 4.69) is 5.32 Å². The number of carbonyl (C=O) groups excluding carboxylic acids is 2. The molecule has 0 unspecified atom stereocenters. The molecule has 0 radical (unpaired) electrons. The fourth-order valence-corrected chi connectivity index (χ4v) is 6.58. The summed E-state index contributed by atoms with van der Waals surface area (Å²) in [7, 11) is -2.94. The summed E-state index contributed by atoms with van der Waals surface area (Å²) < 4.78 is 49.2. The standard InChI is InChI=1S/C31H35ClFN3O5S/c1-21-12-15-26(16-13-21)42(39,40)36(28-18-24(32)14-17-29(28)41-3)20-30(37)35(19-23-8-4-7-11-27(23)33)22(2)31(38)34-25-9-5-6-10-25/h4,7-8,11-18,22,25H,5-6,9-10,19-20H2,1-3H3,(H,34,38)/t22-/m0/s1. The molecular weight excluding hydrogens is 581 g/mol. The maximum Gasteiger partial charge on any atom is 0.264 e. The number of halogens is 2. The zero-order chi connectivity index (χ0) is 30.4. The Kier molecular flexibility index (Phi) is 10.1. The Labute approximate surface area is 251 Å². The first-order chi connectivity index (χ1) is 20.0. The van der Waals surface area contributed by atoms with Gasteiger partial charge in [0, 0.05) is 23.2 Å². The number of nitrogens with one attached hydrogen (secondary N) is 1. The van der Waals surface area contributed by atoms with Gasteiger partial charge in [-0.25, -0.2) is 12.8 Å². The van der Waals surface area contributed by atoms with Crippen LogP contribution in [0.15, 0.2) is 71.6 Å². The summed E-state index contributed by atoms with van der Waals surface area (Å²) in [6.07, 6.45) is 3.70.